The van der Waals surface area contributed by atoms with Crippen molar-refractivity contribution in [3.05, 3.63) is 48.8 Å². The van der Waals surface area contributed by atoms with Crippen LogP contribution in [0, 0.1) is 0 Å². The van der Waals surface area contributed by atoms with Crippen molar-refractivity contribution in [2.75, 3.05) is 12.4 Å². The van der Waals surface area contributed by atoms with Gasteiger partial charge in [0, 0.05) is 17.1 Å². The van der Waals surface area contributed by atoms with E-state index in [-0.39, 0.29) is 5.30 Å². The normalized spacial score (nSPS) is 11.4. The zero-order valence-electron chi connectivity index (χ0n) is 12.2. The van der Waals surface area contributed by atoms with Crippen LogP contribution in [0.5, 0.6) is 5.75 Å². The molecule has 0 spiro atoms. The summed E-state index contributed by atoms with van der Waals surface area (Å²) in [4.78, 5) is 26.7. The number of anilines is 2. The molecule has 0 aliphatic heterocycles. The van der Waals surface area contributed by atoms with Gasteiger partial charge in [0.25, 0.3) is 0 Å². The highest BCUT2D eigenvalue weighted by molar-refractivity contribution is 7.60. The first-order valence-corrected chi connectivity index (χ1v) is 8.30. The third-order valence-electron chi connectivity index (χ3n) is 3.31. The van der Waals surface area contributed by atoms with Gasteiger partial charge in [-0.15, -0.1) is 0 Å². The van der Waals surface area contributed by atoms with Gasteiger partial charge < -0.3 is 19.8 Å². The lowest BCUT2D eigenvalue weighted by atomic mass is 10.2. The SMILES string of the molecule is COc1ccc2c(Nc3ccc(P(=O)(O)O)cc3)ncnc2c1. The average molecular weight is 331 g/mol. The first kappa shape index (κ1) is 15.4. The number of fused-ring (bicyclic) bond motifs is 1. The molecule has 3 aromatic rings. The molecule has 0 atom stereocenters. The third-order valence-corrected chi connectivity index (χ3v) is 4.28. The van der Waals surface area contributed by atoms with Crippen molar-refractivity contribution in [2.45, 2.75) is 0 Å². The lowest BCUT2D eigenvalue weighted by Gasteiger charge is -2.10. The van der Waals surface area contributed by atoms with Crippen molar-refractivity contribution in [3.63, 3.8) is 0 Å². The Balaban J connectivity index is 1.94. The van der Waals surface area contributed by atoms with Crippen LogP contribution in [-0.4, -0.2) is 26.9 Å². The molecule has 3 rings (SSSR count). The number of methoxy groups -OCH3 is 1. The van der Waals surface area contributed by atoms with Crippen LogP contribution in [0.2, 0.25) is 0 Å². The van der Waals surface area contributed by atoms with Crippen LogP contribution in [0.4, 0.5) is 11.5 Å². The third kappa shape index (κ3) is 3.32. The number of rotatable bonds is 4. The molecule has 0 unspecified atom stereocenters. The van der Waals surface area contributed by atoms with Crippen molar-refractivity contribution < 1.29 is 19.1 Å². The molecule has 0 radical (unpaired) electrons. The summed E-state index contributed by atoms with van der Waals surface area (Å²) in [6, 6.07) is 11.4. The molecule has 1 aromatic heterocycles. The molecule has 0 saturated heterocycles. The summed E-state index contributed by atoms with van der Waals surface area (Å²) in [5, 5.41) is 3.90. The van der Waals surface area contributed by atoms with Crippen molar-refractivity contribution in [1.82, 2.24) is 9.97 Å². The number of aromatic nitrogens is 2. The maximum Gasteiger partial charge on any atom is 0.356 e. The number of hydrogen-bond acceptors (Lipinski definition) is 5. The van der Waals surface area contributed by atoms with E-state index in [9.17, 15) is 4.57 Å². The van der Waals surface area contributed by atoms with Crippen LogP contribution < -0.4 is 15.4 Å². The number of nitrogens with zero attached hydrogens (tertiary/aromatic N) is 2. The first-order valence-electron chi connectivity index (χ1n) is 6.69. The van der Waals surface area contributed by atoms with Crippen LogP contribution in [-0.2, 0) is 4.57 Å². The van der Waals surface area contributed by atoms with E-state index < -0.39 is 7.60 Å². The fraction of sp³-hybridized carbons (Fsp3) is 0.0667. The van der Waals surface area contributed by atoms with Crippen molar-refractivity contribution in [3.8, 4) is 5.75 Å². The predicted molar refractivity (Wildman–Crippen MR) is 87.5 cm³/mol. The molecule has 118 valence electrons. The molecule has 7 nitrogen and oxygen atoms in total. The minimum absolute atomic E-state index is 0.0275. The Hall–Kier alpha value is -2.47. The molecule has 23 heavy (non-hydrogen) atoms. The summed E-state index contributed by atoms with van der Waals surface area (Å²) in [6.45, 7) is 0. The second-order valence-corrected chi connectivity index (χ2v) is 6.43. The first-order chi connectivity index (χ1) is 11.0. The van der Waals surface area contributed by atoms with Gasteiger partial charge >= 0.3 is 7.60 Å². The largest absolute Gasteiger partial charge is 0.497 e. The lowest BCUT2D eigenvalue weighted by molar-refractivity contribution is 0.387. The minimum atomic E-state index is -4.24. The Bertz CT molecular complexity index is 893. The average Bonchev–Trinajstić information content (AvgIpc) is 2.54. The van der Waals surface area contributed by atoms with E-state index in [2.05, 4.69) is 15.3 Å². The zero-order chi connectivity index (χ0) is 16.4. The van der Waals surface area contributed by atoms with E-state index >= 15 is 0 Å². The topological polar surface area (TPSA) is 105 Å². The second-order valence-electron chi connectivity index (χ2n) is 4.82. The van der Waals surface area contributed by atoms with Crippen molar-refractivity contribution in [2.24, 2.45) is 0 Å². The molecule has 0 saturated carbocycles. The van der Waals surface area contributed by atoms with Gasteiger partial charge in [0.05, 0.1) is 17.9 Å². The molecule has 0 bridgehead atoms. The highest BCUT2D eigenvalue weighted by Gasteiger charge is 2.16. The fourth-order valence-electron chi connectivity index (χ4n) is 2.14. The van der Waals surface area contributed by atoms with Gasteiger partial charge in [-0.25, -0.2) is 9.97 Å². The summed E-state index contributed by atoms with van der Waals surface area (Å²) in [5.74, 6) is 1.30. The van der Waals surface area contributed by atoms with Gasteiger partial charge in [-0.1, -0.05) is 0 Å². The molecule has 0 amide bonds. The number of benzene rings is 2. The Labute approximate surface area is 132 Å². The quantitative estimate of drug-likeness (QED) is 0.629. The van der Waals surface area contributed by atoms with Crippen molar-refractivity contribution >= 4 is 35.3 Å². The van der Waals surface area contributed by atoms with E-state index in [1.54, 1.807) is 25.3 Å². The minimum Gasteiger partial charge on any atom is -0.497 e. The zero-order valence-corrected chi connectivity index (χ0v) is 13.1. The molecule has 2 aromatic carbocycles. The summed E-state index contributed by atoms with van der Waals surface area (Å²) < 4.78 is 16.4. The number of ether oxygens (including phenoxy) is 1. The highest BCUT2D eigenvalue weighted by atomic mass is 31.2. The van der Waals surface area contributed by atoms with Crippen LogP contribution in [0.3, 0.4) is 0 Å². The van der Waals surface area contributed by atoms with Crippen LogP contribution in [0.1, 0.15) is 0 Å². The molecule has 3 N–H and O–H groups in total. The Kier molecular flexibility index (Phi) is 4.00. The van der Waals surface area contributed by atoms with E-state index in [4.69, 9.17) is 14.5 Å². The smallest absolute Gasteiger partial charge is 0.356 e. The standard InChI is InChI=1S/C15H14N3O4P/c1-22-11-4-7-13-14(8-11)16-9-17-15(13)18-10-2-5-12(6-3-10)23(19,20)21/h2-9H,1H3,(H,16,17,18)(H2,19,20,21). The van der Waals surface area contributed by atoms with Gasteiger partial charge in [0.1, 0.15) is 17.9 Å². The summed E-state index contributed by atoms with van der Waals surface area (Å²) in [6.07, 6.45) is 1.44. The maximum absolute atomic E-state index is 11.2. The fourth-order valence-corrected chi connectivity index (χ4v) is 2.68. The van der Waals surface area contributed by atoms with Crippen LogP contribution >= 0.6 is 7.60 Å². The van der Waals surface area contributed by atoms with E-state index in [0.29, 0.717) is 17.3 Å². The van der Waals surface area contributed by atoms with Crippen molar-refractivity contribution in [1.29, 1.82) is 0 Å². The van der Waals surface area contributed by atoms with Crippen LogP contribution in [0.25, 0.3) is 10.9 Å². The van der Waals surface area contributed by atoms with Gasteiger partial charge in [0.2, 0.25) is 0 Å². The molecule has 8 heteroatoms. The number of hydrogen-bond donors (Lipinski definition) is 3. The Morgan fingerprint density at radius 1 is 1.09 bits per heavy atom. The van der Waals surface area contributed by atoms with Crippen LogP contribution in [0.15, 0.2) is 48.8 Å². The Morgan fingerprint density at radius 3 is 2.48 bits per heavy atom. The van der Waals surface area contributed by atoms with E-state index in [0.717, 1.165) is 10.9 Å². The molecular weight excluding hydrogens is 317 g/mol. The lowest BCUT2D eigenvalue weighted by Crippen LogP contribution is -2.03. The summed E-state index contributed by atoms with van der Waals surface area (Å²) in [5.41, 5.74) is 1.40. The second kappa shape index (κ2) is 5.96. The van der Waals surface area contributed by atoms with Gasteiger partial charge in [-0.05, 0) is 36.4 Å². The van der Waals surface area contributed by atoms with Gasteiger partial charge in [-0.3, -0.25) is 4.57 Å². The van der Waals surface area contributed by atoms with Gasteiger partial charge in [-0.2, -0.15) is 0 Å². The predicted octanol–water partition coefficient (Wildman–Crippen LogP) is 2.18. The molecule has 0 aliphatic carbocycles. The molecule has 0 fully saturated rings. The highest BCUT2D eigenvalue weighted by Crippen LogP contribution is 2.33. The maximum atomic E-state index is 11.2. The van der Waals surface area contributed by atoms with E-state index in [1.165, 1.54) is 18.5 Å². The van der Waals surface area contributed by atoms with Gasteiger partial charge in [0.15, 0.2) is 0 Å². The molecular formula is C15H14N3O4P. The van der Waals surface area contributed by atoms with E-state index in [1.807, 2.05) is 12.1 Å². The summed E-state index contributed by atoms with van der Waals surface area (Å²) in [7, 11) is -2.65. The molecule has 0 aliphatic rings. The number of nitrogens with one attached hydrogen (secondary N) is 1. The molecule has 1 heterocycles. The monoisotopic (exact) mass is 331 g/mol. The Morgan fingerprint density at radius 2 is 1.83 bits per heavy atom. The summed E-state index contributed by atoms with van der Waals surface area (Å²) >= 11 is 0.